The zero-order chi connectivity index (χ0) is 20.5. The number of thiophene rings is 1. The van der Waals surface area contributed by atoms with E-state index in [0.717, 1.165) is 41.4 Å². The predicted octanol–water partition coefficient (Wildman–Crippen LogP) is 3.75. The fourth-order valence-corrected chi connectivity index (χ4v) is 5.53. The molecule has 29 heavy (non-hydrogen) atoms. The molecule has 0 fully saturated rings. The van der Waals surface area contributed by atoms with Crippen LogP contribution in [0.25, 0.3) is 10.2 Å². The quantitative estimate of drug-likeness (QED) is 0.275. The average molecular weight is 431 g/mol. The maximum atomic E-state index is 12.6. The normalized spacial score (nSPS) is 15.8. The number of nitrogens with zero attached hydrogens (tertiary/aromatic N) is 2. The molecule has 1 unspecified atom stereocenters. The average Bonchev–Trinajstić information content (AvgIpc) is 3.04. The minimum absolute atomic E-state index is 0.0270. The molecule has 0 aliphatic heterocycles. The summed E-state index contributed by atoms with van der Waals surface area (Å²) >= 11 is 2.69. The van der Waals surface area contributed by atoms with Gasteiger partial charge in [-0.1, -0.05) is 24.8 Å². The van der Waals surface area contributed by atoms with Gasteiger partial charge >= 0.3 is 0 Å². The van der Waals surface area contributed by atoms with Gasteiger partial charge in [0.2, 0.25) is 5.91 Å². The number of amides is 1. The number of carbonyl (C=O) groups excluding carboxylic acids is 1. The molecule has 0 spiro atoms. The van der Waals surface area contributed by atoms with Gasteiger partial charge in [0.1, 0.15) is 4.83 Å². The van der Waals surface area contributed by atoms with Crippen LogP contribution in [0.5, 0.6) is 0 Å². The van der Waals surface area contributed by atoms with Crippen LogP contribution in [-0.4, -0.2) is 26.6 Å². The Bertz CT molecular complexity index is 1170. The van der Waals surface area contributed by atoms with Gasteiger partial charge in [0.05, 0.1) is 16.1 Å². The number of hydrogen-bond acceptors (Lipinski definition) is 7. The molecule has 0 bridgehead atoms. The van der Waals surface area contributed by atoms with E-state index in [1.54, 1.807) is 17.4 Å². The Hall–Kier alpha value is -2.72. The Morgan fingerprint density at radius 3 is 3.10 bits per heavy atom. The van der Waals surface area contributed by atoms with Crippen molar-refractivity contribution < 1.29 is 9.72 Å². The second kappa shape index (κ2) is 7.96. The number of aromatic amines is 1. The summed E-state index contributed by atoms with van der Waals surface area (Å²) in [5, 5.41) is 14.5. The molecule has 10 heteroatoms. The molecule has 4 rings (SSSR count). The first-order chi connectivity index (χ1) is 13.9. The van der Waals surface area contributed by atoms with Crippen LogP contribution in [0.1, 0.15) is 23.8 Å². The molecule has 1 amide bonds. The monoisotopic (exact) mass is 430 g/mol. The number of benzene rings is 1. The highest BCUT2D eigenvalue weighted by Gasteiger charge is 2.23. The third kappa shape index (κ3) is 4.18. The molecule has 150 valence electrons. The van der Waals surface area contributed by atoms with Gasteiger partial charge in [0.15, 0.2) is 5.16 Å². The van der Waals surface area contributed by atoms with Crippen molar-refractivity contribution in [3.8, 4) is 0 Å². The molecule has 1 atom stereocenters. The topological polar surface area (TPSA) is 118 Å². The molecule has 2 heterocycles. The number of H-pyrrole nitrogens is 1. The number of thioether (sulfide) groups is 1. The van der Waals surface area contributed by atoms with E-state index in [1.807, 2.05) is 0 Å². The lowest BCUT2D eigenvalue weighted by molar-refractivity contribution is -0.384. The molecule has 0 saturated heterocycles. The second-order valence-electron chi connectivity index (χ2n) is 7.05. The second-order valence-corrected chi connectivity index (χ2v) is 9.09. The van der Waals surface area contributed by atoms with Crippen LogP contribution in [0.2, 0.25) is 0 Å². The van der Waals surface area contributed by atoms with Crippen LogP contribution in [0.15, 0.2) is 34.2 Å². The van der Waals surface area contributed by atoms with Crippen molar-refractivity contribution in [2.45, 2.75) is 31.3 Å². The van der Waals surface area contributed by atoms with E-state index in [2.05, 4.69) is 22.2 Å². The van der Waals surface area contributed by atoms with E-state index >= 15 is 0 Å². The molecule has 1 aromatic carbocycles. The number of nitro benzene ring substituents is 1. The van der Waals surface area contributed by atoms with E-state index in [-0.39, 0.29) is 22.9 Å². The maximum absolute atomic E-state index is 12.6. The maximum Gasteiger partial charge on any atom is 0.271 e. The van der Waals surface area contributed by atoms with E-state index in [9.17, 15) is 19.7 Å². The van der Waals surface area contributed by atoms with Crippen LogP contribution in [0.3, 0.4) is 0 Å². The highest BCUT2D eigenvalue weighted by Crippen LogP contribution is 2.36. The first kappa shape index (κ1) is 19.6. The van der Waals surface area contributed by atoms with Crippen LogP contribution in [0, 0.1) is 16.0 Å². The number of non-ortho nitro benzene ring substituents is 1. The largest absolute Gasteiger partial charge is 0.325 e. The molecule has 2 aromatic heterocycles. The van der Waals surface area contributed by atoms with Crippen LogP contribution in [-0.2, 0) is 17.6 Å². The third-order valence-electron chi connectivity index (χ3n) is 4.82. The zero-order valence-corrected chi connectivity index (χ0v) is 17.2. The van der Waals surface area contributed by atoms with Gasteiger partial charge in [-0.05, 0) is 36.8 Å². The summed E-state index contributed by atoms with van der Waals surface area (Å²) in [7, 11) is 0. The summed E-state index contributed by atoms with van der Waals surface area (Å²) < 4.78 is 0. The minimum Gasteiger partial charge on any atom is -0.325 e. The van der Waals surface area contributed by atoms with Crippen molar-refractivity contribution in [2.24, 2.45) is 5.92 Å². The van der Waals surface area contributed by atoms with Gasteiger partial charge < -0.3 is 10.3 Å². The lowest BCUT2D eigenvalue weighted by Crippen LogP contribution is -2.16. The third-order valence-corrected chi connectivity index (χ3v) is 6.85. The molecule has 0 radical (unpaired) electrons. The molecule has 1 aliphatic rings. The summed E-state index contributed by atoms with van der Waals surface area (Å²) in [5.74, 6) is 0.303. The predicted molar refractivity (Wildman–Crippen MR) is 114 cm³/mol. The van der Waals surface area contributed by atoms with Crippen molar-refractivity contribution in [2.75, 3.05) is 11.1 Å². The zero-order valence-electron chi connectivity index (χ0n) is 15.6. The summed E-state index contributed by atoms with van der Waals surface area (Å²) in [5.41, 5.74) is 1.21. The first-order valence-corrected chi connectivity index (χ1v) is 10.9. The SMILES string of the molecule is CC1CCc2c(sc3nc(SCC(=O)Nc4cccc([N+](=O)[O-])c4)[nH]c(=O)c23)C1. The lowest BCUT2D eigenvalue weighted by atomic mass is 9.89. The number of aryl methyl sites for hydroxylation is 1. The van der Waals surface area contributed by atoms with Crippen molar-refractivity contribution >= 4 is 50.6 Å². The molecule has 8 nitrogen and oxygen atoms in total. The minimum atomic E-state index is -0.518. The van der Waals surface area contributed by atoms with Crippen LogP contribution in [0.4, 0.5) is 11.4 Å². The molecular formula is C19H18N4O4S2. The van der Waals surface area contributed by atoms with E-state index in [4.69, 9.17) is 0 Å². The Labute approximate surface area is 173 Å². The fourth-order valence-electron chi connectivity index (χ4n) is 3.43. The molecule has 1 aliphatic carbocycles. The fraction of sp³-hybridized carbons (Fsp3) is 0.316. The lowest BCUT2D eigenvalue weighted by Gasteiger charge is -2.17. The number of nitro groups is 1. The Morgan fingerprint density at radius 2 is 2.31 bits per heavy atom. The van der Waals surface area contributed by atoms with Crippen LogP contribution < -0.4 is 10.9 Å². The molecular weight excluding hydrogens is 412 g/mol. The van der Waals surface area contributed by atoms with Crippen molar-refractivity contribution in [1.29, 1.82) is 0 Å². The first-order valence-electron chi connectivity index (χ1n) is 9.12. The summed E-state index contributed by atoms with van der Waals surface area (Å²) in [4.78, 5) is 44.4. The number of hydrogen-bond donors (Lipinski definition) is 2. The number of fused-ring (bicyclic) bond motifs is 3. The highest BCUT2D eigenvalue weighted by molar-refractivity contribution is 7.99. The Balaban J connectivity index is 1.47. The number of anilines is 1. The van der Waals surface area contributed by atoms with Crippen LogP contribution >= 0.6 is 23.1 Å². The Morgan fingerprint density at radius 1 is 1.48 bits per heavy atom. The van der Waals surface area contributed by atoms with Crippen molar-refractivity contribution in [3.63, 3.8) is 0 Å². The molecule has 2 N–H and O–H groups in total. The van der Waals surface area contributed by atoms with Crippen molar-refractivity contribution in [1.82, 2.24) is 9.97 Å². The summed E-state index contributed by atoms with van der Waals surface area (Å²) in [6, 6.07) is 5.74. The number of rotatable bonds is 5. The number of nitrogens with one attached hydrogen (secondary N) is 2. The van der Waals surface area contributed by atoms with Gasteiger partial charge in [-0.3, -0.25) is 19.7 Å². The van der Waals surface area contributed by atoms with Gasteiger partial charge in [-0.25, -0.2) is 4.98 Å². The van der Waals surface area contributed by atoms with Gasteiger partial charge in [0, 0.05) is 22.7 Å². The van der Waals surface area contributed by atoms with Crippen molar-refractivity contribution in [3.05, 3.63) is 55.2 Å². The summed E-state index contributed by atoms with van der Waals surface area (Å²) in [6.07, 6.45) is 2.95. The van der Waals surface area contributed by atoms with E-state index in [0.29, 0.717) is 22.1 Å². The molecule has 3 aromatic rings. The Kier molecular flexibility index (Phi) is 5.37. The van der Waals surface area contributed by atoms with E-state index < -0.39 is 4.92 Å². The smallest absolute Gasteiger partial charge is 0.271 e. The highest BCUT2D eigenvalue weighted by atomic mass is 32.2. The standard InChI is InChI=1S/C19H18N4O4S2/c1-10-5-6-13-14(7-10)29-18-16(13)17(25)21-19(22-18)28-9-15(24)20-11-3-2-4-12(8-11)23(26)27/h2-4,8,10H,5-7,9H2,1H3,(H,20,24)(H,21,22,25). The van der Waals surface area contributed by atoms with Gasteiger partial charge in [-0.2, -0.15) is 0 Å². The summed E-state index contributed by atoms with van der Waals surface area (Å²) in [6.45, 7) is 2.21. The number of carbonyl (C=O) groups is 1. The number of aromatic nitrogens is 2. The van der Waals surface area contributed by atoms with E-state index in [1.165, 1.54) is 23.1 Å². The van der Waals surface area contributed by atoms with Gasteiger partial charge in [0.25, 0.3) is 11.2 Å². The molecule has 0 saturated carbocycles. The van der Waals surface area contributed by atoms with Gasteiger partial charge in [-0.15, -0.1) is 11.3 Å².